The molecule has 65 heavy (non-hydrogen) atoms. The van der Waals surface area contributed by atoms with Crippen LogP contribution >= 0.6 is 0 Å². The van der Waals surface area contributed by atoms with Gasteiger partial charge in [-0.15, -0.1) is 5.10 Å². The summed E-state index contributed by atoms with van der Waals surface area (Å²) in [7, 11) is 1.88. The Balaban J connectivity index is 0.692. The van der Waals surface area contributed by atoms with Crippen molar-refractivity contribution in [2.24, 2.45) is 7.05 Å². The van der Waals surface area contributed by atoms with E-state index in [0.29, 0.717) is 43.8 Å². The molecule has 0 bridgehead atoms. The summed E-state index contributed by atoms with van der Waals surface area (Å²) in [5, 5.41) is 29.0. The quantitative estimate of drug-likeness (QED) is 0.0693. The van der Waals surface area contributed by atoms with Crippen LogP contribution in [-0.2, 0) is 52.2 Å². The molecule has 0 radical (unpaired) electrons. The Kier molecular flexibility index (Phi) is 12.0. The molecular weight excluding hydrogens is 833 g/mol. The maximum absolute atomic E-state index is 13.1. The molecule has 1 unspecified atom stereocenters. The Labute approximate surface area is 373 Å². The number of para-hydroxylation sites is 1. The number of ether oxygens (including phenoxy) is 1. The molecule has 5 N–H and O–H groups in total. The first kappa shape index (κ1) is 42.7. The number of aromatic nitrogens is 7. The van der Waals surface area contributed by atoms with Gasteiger partial charge in [0.15, 0.2) is 11.5 Å². The maximum Gasteiger partial charge on any atom is 0.262 e. The Bertz CT molecular complexity index is 2830. The van der Waals surface area contributed by atoms with E-state index in [1.54, 1.807) is 21.6 Å². The van der Waals surface area contributed by atoms with Gasteiger partial charge in [-0.1, -0.05) is 29.5 Å². The smallest absolute Gasteiger partial charge is 0.262 e. The van der Waals surface area contributed by atoms with E-state index < -0.39 is 29.7 Å². The Morgan fingerprint density at radius 2 is 1.74 bits per heavy atom. The summed E-state index contributed by atoms with van der Waals surface area (Å²) in [6.45, 7) is 7.83. The maximum atomic E-state index is 13.1. The van der Waals surface area contributed by atoms with Crippen LogP contribution in [0.1, 0.15) is 61.5 Å². The van der Waals surface area contributed by atoms with Crippen LogP contribution in [0, 0.1) is 13.8 Å². The standard InChI is InChI=1S/C45H48N14O6/c1-26-5-4-6-27(2)39(26)51-40-35-21-48-45(52-41(35)56(3)54-40)49-31-8-7-28-13-15-57(23-29(28)19-31)24-32-25-58(55-53-32)16-18-65-17-14-46-38(61)22-47-30-9-10-33-34(20-30)44(64)59(43(33)63)36-11-12-37(60)50-42(36)62/h4-10,19-21,25,36,47H,11-18,22-24H2,1-3H3,(H,46,61)(H,51,54)(H,48,49,52)(H,50,60,62). The van der Waals surface area contributed by atoms with Gasteiger partial charge in [-0.2, -0.15) is 10.1 Å². The minimum atomic E-state index is -1.05. The molecule has 1 saturated heterocycles. The van der Waals surface area contributed by atoms with Gasteiger partial charge in [0.05, 0.1) is 48.5 Å². The Morgan fingerprint density at radius 1 is 0.923 bits per heavy atom. The first-order chi connectivity index (χ1) is 31.5. The molecule has 3 aliphatic heterocycles. The highest BCUT2D eigenvalue weighted by Crippen LogP contribution is 2.31. The van der Waals surface area contributed by atoms with E-state index in [0.717, 1.165) is 63.6 Å². The Morgan fingerprint density at radius 3 is 2.57 bits per heavy atom. The van der Waals surface area contributed by atoms with Gasteiger partial charge >= 0.3 is 0 Å². The molecule has 0 saturated carbocycles. The lowest BCUT2D eigenvalue weighted by molar-refractivity contribution is -0.136. The molecule has 0 spiro atoms. The van der Waals surface area contributed by atoms with Crippen molar-refractivity contribution in [3.05, 3.63) is 106 Å². The normalized spacial score (nSPS) is 16.1. The van der Waals surface area contributed by atoms with Crippen molar-refractivity contribution in [2.75, 3.05) is 48.8 Å². The van der Waals surface area contributed by atoms with Crippen molar-refractivity contribution in [1.29, 1.82) is 0 Å². The summed E-state index contributed by atoms with van der Waals surface area (Å²) < 4.78 is 9.24. The van der Waals surface area contributed by atoms with Gasteiger partial charge in [-0.25, -0.2) is 14.3 Å². The zero-order valence-corrected chi connectivity index (χ0v) is 36.2. The van der Waals surface area contributed by atoms with Crippen molar-refractivity contribution >= 4 is 69.4 Å². The predicted molar refractivity (Wildman–Crippen MR) is 238 cm³/mol. The van der Waals surface area contributed by atoms with Crippen LogP contribution in [0.4, 0.5) is 28.8 Å². The fourth-order valence-corrected chi connectivity index (χ4v) is 8.38. The number of benzene rings is 3. The number of amides is 5. The van der Waals surface area contributed by atoms with E-state index in [-0.39, 0.29) is 43.0 Å². The number of carbonyl (C=O) groups excluding carboxylic acids is 5. The van der Waals surface area contributed by atoms with Gasteiger partial charge in [0.1, 0.15) is 6.04 Å². The van der Waals surface area contributed by atoms with Crippen LogP contribution < -0.4 is 26.6 Å². The summed E-state index contributed by atoms with van der Waals surface area (Å²) in [6, 6.07) is 16.1. The topological polar surface area (TPSA) is 236 Å². The number of aryl methyl sites for hydroxylation is 3. The molecule has 20 heteroatoms. The number of hydrogen-bond donors (Lipinski definition) is 5. The molecule has 0 aliphatic carbocycles. The number of piperidine rings is 1. The molecule has 20 nitrogen and oxygen atoms in total. The third-order valence-electron chi connectivity index (χ3n) is 11.8. The minimum Gasteiger partial charge on any atom is -0.378 e. The number of anilines is 5. The summed E-state index contributed by atoms with van der Waals surface area (Å²) in [6.07, 6.45) is 4.75. The van der Waals surface area contributed by atoms with Gasteiger partial charge < -0.3 is 26.0 Å². The molecule has 1 atom stereocenters. The van der Waals surface area contributed by atoms with E-state index in [1.165, 1.54) is 23.3 Å². The second kappa shape index (κ2) is 18.3. The number of carbonyl (C=O) groups is 5. The Hall–Kier alpha value is -7.58. The fourth-order valence-electron chi connectivity index (χ4n) is 8.38. The molecule has 5 amide bonds. The van der Waals surface area contributed by atoms with Crippen molar-refractivity contribution in [3.8, 4) is 0 Å². The van der Waals surface area contributed by atoms with Gasteiger partial charge in [-0.05, 0) is 79.3 Å². The van der Waals surface area contributed by atoms with E-state index in [4.69, 9.17) is 14.8 Å². The highest BCUT2D eigenvalue weighted by molar-refractivity contribution is 6.23. The highest BCUT2D eigenvalue weighted by Gasteiger charge is 2.44. The molecule has 3 aromatic carbocycles. The molecule has 9 rings (SSSR count). The monoisotopic (exact) mass is 880 g/mol. The molecule has 6 aromatic rings. The highest BCUT2D eigenvalue weighted by atomic mass is 16.5. The third kappa shape index (κ3) is 9.25. The molecule has 6 heterocycles. The first-order valence-corrected chi connectivity index (χ1v) is 21.4. The number of nitrogens with one attached hydrogen (secondary N) is 5. The first-order valence-electron chi connectivity index (χ1n) is 21.4. The lowest BCUT2D eigenvalue weighted by Crippen LogP contribution is -2.54. The summed E-state index contributed by atoms with van der Waals surface area (Å²) >= 11 is 0. The average molecular weight is 881 g/mol. The van der Waals surface area contributed by atoms with Gasteiger partial charge in [0.25, 0.3) is 11.8 Å². The van der Waals surface area contributed by atoms with Crippen LogP contribution in [-0.4, -0.2) is 113 Å². The number of imide groups is 2. The van der Waals surface area contributed by atoms with Crippen LogP contribution in [0.5, 0.6) is 0 Å². The zero-order chi connectivity index (χ0) is 45.2. The van der Waals surface area contributed by atoms with Gasteiger partial charge in [0, 0.05) is 69.1 Å². The lowest BCUT2D eigenvalue weighted by Gasteiger charge is -2.28. The number of hydrogen-bond acceptors (Lipinski definition) is 15. The zero-order valence-electron chi connectivity index (χ0n) is 36.2. The largest absolute Gasteiger partial charge is 0.378 e. The number of rotatable bonds is 16. The molecule has 3 aromatic heterocycles. The van der Waals surface area contributed by atoms with E-state index in [9.17, 15) is 24.0 Å². The van der Waals surface area contributed by atoms with Crippen molar-refractivity contribution in [1.82, 2.24) is 55.2 Å². The molecule has 334 valence electrons. The van der Waals surface area contributed by atoms with Crippen molar-refractivity contribution in [3.63, 3.8) is 0 Å². The second-order valence-corrected chi connectivity index (χ2v) is 16.4. The van der Waals surface area contributed by atoms with Crippen LogP contribution in [0.25, 0.3) is 11.0 Å². The van der Waals surface area contributed by atoms with Gasteiger partial charge in [0.2, 0.25) is 23.7 Å². The van der Waals surface area contributed by atoms with Gasteiger partial charge in [-0.3, -0.25) is 39.1 Å². The SMILES string of the molecule is Cc1cccc(C)c1Nc1nn(C)c2nc(Nc3ccc4c(c3)CN(Cc3cn(CCOCCNC(=O)CNc5ccc6c(c5)C(=O)N(C5CCC(=O)NC5=O)C6=O)nn3)CC4)ncc12. The third-order valence-corrected chi connectivity index (χ3v) is 11.8. The lowest BCUT2D eigenvalue weighted by atomic mass is 9.99. The number of nitrogens with zero attached hydrogens (tertiary/aromatic N) is 9. The number of fused-ring (bicyclic) bond motifs is 3. The summed E-state index contributed by atoms with van der Waals surface area (Å²) in [4.78, 5) is 75.1. The molecule has 1 fully saturated rings. The second-order valence-electron chi connectivity index (χ2n) is 16.4. The fraction of sp³-hybridized carbons (Fsp3) is 0.333. The minimum absolute atomic E-state index is 0.0390. The van der Waals surface area contributed by atoms with Crippen molar-refractivity contribution < 1.29 is 28.7 Å². The predicted octanol–water partition coefficient (Wildman–Crippen LogP) is 3.26. The van der Waals surface area contributed by atoms with Crippen molar-refractivity contribution in [2.45, 2.75) is 58.8 Å². The van der Waals surface area contributed by atoms with Crippen LogP contribution in [0.15, 0.2) is 67.0 Å². The van der Waals surface area contributed by atoms with E-state index >= 15 is 0 Å². The summed E-state index contributed by atoms with van der Waals surface area (Å²) in [5.74, 6) is -1.41. The summed E-state index contributed by atoms with van der Waals surface area (Å²) in [5.41, 5.74) is 9.06. The average Bonchev–Trinajstić information content (AvgIpc) is 3.94. The van der Waals surface area contributed by atoms with Crippen LogP contribution in [0.2, 0.25) is 0 Å². The molecular formula is C45H48N14O6. The molecule has 3 aliphatic rings. The van der Waals surface area contributed by atoms with E-state index in [2.05, 4.69) is 91.0 Å². The van der Waals surface area contributed by atoms with Crippen LogP contribution in [0.3, 0.4) is 0 Å². The van der Waals surface area contributed by atoms with E-state index in [1.807, 2.05) is 19.3 Å².